The van der Waals surface area contributed by atoms with E-state index in [4.69, 9.17) is 0 Å². The van der Waals surface area contributed by atoms with Gasteiger partial charge in [0.2, 0.25) is 5.91 Å². The molecule has 0 spiro atoms. The predicted octanol–water partition coefficient (Wildman–Crippen LogP) is 4.15. The number of halogens is 3. The molecule has 3 aromatic rings. The van der Waals surface area contributed by atoms with Gasteiger partial charge in [0.15, 0.2) is 5.82 Å². The Bertz CT molecular complexity index is 1120. The summed E-state index contributed by atoms with van der Waals surface area (Å²) in [6.45, 7) is 0. The molecule has 9 heteroatoms. The number of imidazole rings is 1. The Morgan fingerprint density at radius 3 is 2.60 bits per heavy atom. The first-order valence-corrected chi connectivity index (χ1v) is 9.01. The normalized spacial score (nSPS) is 16.0. The van der Waals surface area contributed by atoms with Gasteiger partial charge in [-0.05, 0) is 35.9 Å². The summed E-state index contributed by atoms with van der Waals surface area (Å²) in [7, 11) is 1.28. The second-order valence-corrected chi connectivity index (χ2v) is 6.81. The lowest BCUT2D eigenvalue weighted by atomic mass is 9.89. The summed E-state index contributed by atoms with van der Waals surface area (Å²) in [5.41, 5.74) is 1.16. The molecule has 1 aliphatic rings. The molecule has 0 fully saturated rings. The summed E-state index contributed by atoms with van der Waals surface area (Å²) >= 11 is 0. The molecule has 2 aromatic carbocycles. The molecule has 0 saturated carbocycles. The van der Waals surface area contributed by atoms with E-state index in [1.807, 2.05) is 0 Å². The largest absolute Gasteiger partial charge is 0.465 e. The number of esters is 1. The van der Waals surface area contributed by atoms with Gasteiger partial charge in [0.25, 0.3) is 0 Å². The first-order chi connectivity index (χ1) is 14.3. The number of ether oxygens (including phenoxy) is 1. The standard InChI is InChI=1S/C21H16F3N3O3/c1-30-20(29)13-7-5-12(6-8-13)16-10-17(28)26-19-18(16)27(11-25-19)15-4-2-3-14(9-15)21(22,23)24/h2-9,11,16H,10H2,1H3,(H,26,28). The average Bonchev–Trinajstić information content (AvgIpc) is 3.16. The summed E-state index contributed by atoms with van der Waals surface area (Å²) in [6, 6.07) is 11.5. The number of benzene rings is 2. The van der Waals surface area contributed by atoms with E-state index in [1.165, 1.54) is 19.5 Å². The molecular weight excluding hydrogens is 399 g/mol. The monoisotopic (exact) mass is 415 g/mol. The van der Waals surface area contributed by atoms with Crippen molar-refractivity contribution in [1.29, 1.82) is 0 Å². The summed E-state index contributed by atoms with van der Waals surface area (Å²) in [5, 5.41) is 2.67. The van der Waals surface area contributed by atoms with E-state index in [-0.39, 0.29) is 18.0 Å². The predicted molar refractivity (Wildman–Crippen MR) is 101 cm³/mol. The van der Waals surface area contributed by atoms with Crippen molar-refractivity contribution in [3.8, 4) is 5.69 Å². The quantitative estimate of drug-likeness (QED) is 0.653. The van der Waals surface area contributed by atoms with E-state index >= 15 is 0 Å². The van der Waals surface area contributed by atoms with Crippen molar-refractivity contribution in [1.82, 2.24) is 9.55 Å². The Balaban J connectivity index is 1.79. The Kier molecular flexibility index (Phi) is 4.81. The van der Waals surface area contributed by atoms with Crippen LogP contribution in [0.25, 0.3) is 5.69 Å². The van der Waals surface area contributed by atoms with Gasteiger partial charge in [0.05, 0.1) is 23.9 Å². The zero-order valence-electron chi connectivity index (χ0n) is 15.7. The zero-order valence-corrected chi connectivity index (χ0v) is 15.7. The molecule has 0 aliphatic carbocycles. The van der Waals surface area contributed by atoms with E-state index in [0.29, 0.717) is 17.1 Å². The topological polar surface area (TPSA) is 73.2 Å². The minimum atomic E-state index is -4.48. The number of alkyl halides is 3. The molecule has 2 heterocycles. The van der Waals surface area contributed by atoms with Crippen LogP contribution in [0.3, 0.4) is 0 Å². The van der Waals surface area contributed by atoms with Crippen LogP contribution < -0.4 is 5.32 Å². The fourth-order valence-electron chi connectivity index (χ4n) is 3.54. The number of hydrogen-bond acceptors (Lipinski definition) is 4. The van der Waals surface area contributed by atoms with Gasteiger partial charge < -0.3 is 14.6 Å². The lowest BCUT2D eigenvalue weighted by Crippen LogP contribution is -2.25. The molecule has 1 atom stereocenters. The Hall–Kier alpha value is -3.62. The molecule has 154 valence electrons. The van der Waals surface area contributed by atoms with Crippen LogP contribution in [0.1, 0.15) is 39.5 Å². The van der Waals surface area contributed by atoms with Gasteiger partial charge in [0.1, 0.15) is 6.33 Å². The summed E-state index contributed by atoms with van der Waals surface area (Å²) in [5.74, 6) is -0.889. The minimum Gasteiger partial charge on any atom is -0.465 e. The molecule has 4 rings (SSSR count). The van der Waals surface area contributed by atoms with Crippen molar-refractivity contribution in [3.05, 3.63) is 77.2 Å². The molecule has 1 unspecified atom stereocenters. The molecule has 1 aliphatic heterocycles. The van der Waals surface area contributed by atoms with Gasteiger partial charge in [-0.1, -0.05) is 18.2 Å². The number of hydrogen-bond donors (Lipinski definition) is 1. The van der Waals surface area contributed by atoms with E-state index < -0.39 is 23.6 Å². The van der Waals surface area contributed by atoms with Crippen LogP contribution >= 0.6 is 0 Å². The van der Waals surface area contributed by atoms with Gasteiger partial charge in [-0.2, -0.15) is 13.2 Å². The SMILES string of the molecule is COC(=O)c1ccc(C2CC(=O)Nc3ncn(-c4cccc(C(F)(F)F)c4)c32)cc1. The van der Waals surface area contributed by atoms with E-state index in [0.717, 1.165) is 17.7 Å². The third-order valence-corrected chi connectivity index (χ3v) is 4.97. The molecule has 1 aromatic heterocycles. The van der Waals surface area contributed by atoms with Crippen molar-refractivity contribution in [2.24, 2.45) is 0 Å². The molecule has 6 nitrogen and oxygen atoms in total. The van der Waals surface area contributed by atoms with Crippen LogP contribution in [0.5, 0.6) is 0 Å². The molecule has 30 heavy (non-hydrogen) atoms. The number of methoxy groups -OCH3 is 1. The highest BCUT2D eigenvalue weighted by molar-refractivity contribution is 5.94. The van der Waals surface area contributed by atoms with E-state index in [1.54, 1.807) is 34.9 Å². The first kappa shape index (κ1) is 19.7. The number of amides is 1. The molecule has 0 radical (unpaired) electrons. The number of anilines is 1. The Morgan fingerprint density at radius 1 is 1.20 bits per heavy atom. The van der Waals surface area contributed by atoms with E-state index in [9.17, 15) is 22.8 Å². The fourth-order valence-corrected chi connectivity index (χ4v) is 3.54. The van der Waals surface area contributed by atoms with Gasteiger partial charge in [-0.25, -0.2) is 9.78 Å². The van der Waals surface area contributed by atoms with Crippen molar-refractivity contribution in [2.75, 3.05) is 12.4 Å². The average molecular weight is 415 g/mol. The van der Waals surface area contributed by atoms with Crippen molar-refractivity contribution in [3.63, 3.8) is 0 Å². The molecule has 0 saturated heterocycles. The van der Waals surface area contributed by atoms with Gasteiger partial charge in [-0.3, -0.25) is 4.79 Å². The summed E-state index contributed by atoms with van der Waals surface area (Å²) in [4.78, 5) is 28.0. The maximum Gasteiger partial charge on any atom is 0.416 e. The number of nitrogens with zero attached hydrogens (tertiary/aromatic N) is 2. The van der Waals surface area contributed by atoms with Gasteiger partial charge >= 0.3 is 12.1 Å². The van der Waals surface area contributed by atoms with Gasteiger partial charge in [-0.15, -0.1) is 0 Å². The number of nitrogens with one attached hydrogen (secondary N) is 1. The van der Waals surface area contributed by atoms with Crippen LogP contribution in [0.15, 0.2) is 54.9 Å². The number of carbonyl (C=O) groups is 2. The summed E-state index contributed by atoms with van der Waals surface area (Å²) < 4.78 is 45.7. The molecule has 0 bridgehead atoms. The second kappa shape index (κ2) is 7.33. The minimum absolute atomic E-state index is 0.0925. The Morgan fingerprint density at radius 2 is 1.93 bits per heavy atom. The molecule has 1 N–H and O–H groups in total. The highest BCUT2D eigenvalue weighted by Crippen LogP contribution is 2.38. The molecular formula is C21H16F3N3O3. The highest BCUT2D eigenvalue weighted by Gasteiger charge is 2.33. The van der Waals surface area contributed by atoms with Crippen LogP contribution in [0.2, 0.25) is 0 Å². The number of rotatable bonds is 3. The maximum atomic E-state index is 13.2. The van der Waals surface area contributed by atoms with E-state index in [2.05, 4.69) is 15.0 Å². The van der Waals surface area contributed by atoms with Crippen LogP contribution in [-0.2, 0) is 15.7 Å². The second-order valence-electron chi connectivity index (χ2n) is 6.81. The maximum absolute atomic E-state index is 13.2. The van der Waals surface area contributed by atoms with Crippen molar-refractivity contribution in [2.45, 2.75) is 18.5 Å². The number of fused-ring (bicyclic) bond motifs is 1. The smallest absolute Gasteiger partial charge is 0.416 e. The zero-order chi connectivity index (χ0) is 21.5. The lowest BCUT2D eigenvalue weighted by Gasteiger charge is -2.25. The third kappa shape index (κ3) is 3.54. The summed E-state index contributed by atoms with van der Waals surface area (Å²) in [6.07, 6.45) is -3.00. The van der Waals surface area contributed by atoms with Gasteiger partial charge in [0, 0.05) is 18.0 Å². The van der Waals surface area contributed by atoms with Crippen LogP contribution in [0.4, 0.5) is 19.0 Å². The van der Waals surface area contributed by atoms with Crippen molar-refractivity contribution >= 4 is 17.7 Å². The molecule has 1 amide bonds. The third-order valence-electron chi connectivity index (χ3n) is 4.97. The lowest BCUT2D eigenvalue weighted by molar-refractivity contribution is -0.137. The van der Waals surface area contributed by atoms with Crippen LogP contribution in [-0.4, -0.2) is 28.5 Å². The van der Waals surface area contributed by atoms with Crippen molar-refractivity contribution < 1.29 is 27.5 Å². The number of carbonyl (C=O) groups excluding carboxylic acids is 2. The first-order valence-electron chi connectivity index (χ1n) is 9.01. The number of aromatic nitrogens is 2. The highest BCUT2D eigenvalue weighted by atomic mass is 19.4. The fraction of sp³-hybridized carbons (Fsp3) is 0.190. The Labute approximate surface area is 169 Å². The van der Waals surface area contributed by atoms with Crippen LogP contribution in [0, 0.1) is 0 Å².